The first kappa shape index (κ1) is 29.1. The highest BCUT2D eigenvalue weighted by atomic mass is 16.4. The lowest BCUT2D eigenvalue weighted by Gasteiger charge is -2.26. The molecule has 10 nitrogen and oxygen atoms in total. The topological polar surface area (TPSA) is 171 Å². The van der Waals surface area contributed by atoms with Gasteiger partial charge in [0, 0.05) is 6.42 Å². The van der Waals surface area contributed by atoms with Gasteiger partial charge in [0.2, 0.25) is 17.7 Å². The van der Waals surface area contributed by atoms with Crippen LogP contribution in [-0.2, 0) is 25.6 Å². The summed E-state index contributed by atoms with van der Waals surface area (Å²) in [6.07, 6.45) is 0.653. The second kappa shape index (κ2) is 14.3. The first-order valence-electron chi connectivity index (χ1n) is 11.5. The molecule has 4 unspecified atom stereocenters. The molecule has 0 aliphatic heterocycles. The number of aliphatic hydroxyl groups is 1. The lowest BCUT2D eigenvalue weighted by atomic mass is 9.99. The van der Waals surface area contributed by atoms with Crippen LogP contribution in [0.1, 0.15) is 46.1 Å². The molecular weight excluding hydrogens is 440 g/mol. The van der Waals surface area contributed by atoms with E-state index >= 15 is 0 Å². The third kappa shape index (κ3) is 10.3. The first-order valence-corrected chi connectivity index (χ1v) is 11.5. The summed E-state index contributed by atoms with van der Waals surface area (Å²) >= 11 is 0. The van der Waals surface area contributed by atoms with Crippen LogP contribution in [0.4, 0.5) is 0 Å². The molecule has 1 aromatic rings. The Hall–Kier alpha value is -2.98. The van der Waals surface area contributed by atoms with E-state index in [1.54, 1.807) is 24.3 Å². The van der Waals surface area contributed by atoms with Crippen molar-refractivity contribution in [2.24, 2.45) is 17.6 Å². The Bertz CT molecular complexity index is 815. The van der Waals surface area contributed by atoms with Crippen LogP contribution in [0.5, 0.6) is 0 Å². The number of aliphatic hydroxyl groups excluding tert-OH is 1. The van der Waals surface area contributed by atoms with Crippen LogP contribution in [0.15, 0.2) is 30.3 Å². The number of aliphatic carboxylic acids is 1. The van der Waals surface area contributed by atoms with Crippen LogP contribution in [0.2, 0.25) is 0 Å². The van der Waals surface area contributed by atoms with Crippen molar-refractivity contribution in [2.45, 2.75) is 71.1 Å². The van der Waals surface area contributed by atoms with Gasteiger partial charge in [0.05, 0.1) is 6.61 Å². The third-order valence-electron chi connectivity index (χ3n) is 5.11. The summed E-state index contributed by atoms with van der Waals surface area (Å²) in [6, 6.07) is 4.65. The molecule has 1 rings (SSSR count). The van der Waals surface area contributed by atoms with Crippen molar-refractivity contribution in [3.8, 4) is 0 Å². The van der Waals surface area contributed by atoms with E-state index in [1.807, 2.05) is 33.8 Å². The van der Waals surface area contributed by atoms with Crippen molar-refractivity contribution in [3.05, 3.63) is 35.9 Å². The van der Waals surface area contributed by atoms with Crippen molar-refractivity contribution < 1.29 is 29.4 Å². The molecule has 0 radical (unpaired) electrons. The molecule has 0 aromatic heterocycles. The number of hydrogen-bond donors (Lipinski definition) is 6. The van der Waals surface area contributed by atoms with Crippen LogP contribution in [0.3, 0.4) is 0 Å². The van der Waals surface area contributed by atoms with Gasteiger partial charge in [-0.3, -0.25) is 14.4 Å². The summed E-state index contributed by atoms with van der Waals surface area (Å²) in [4.78, 5) is 50.0. The number of amides is 3. The van der Waals surface area contributed by atoms with E-state index in [2.05, 4.69) is 16.0 Å². The number of benzene rings is 1. The molecule has 190 valence electrons. The molecule has 0 saturated heterocycles. The maximum Gasteiger partial charge on any atom is 0.326 e. The maximum atomic E-state index is 13.2. The van der Waals surface area contributed by atoms with Crippen molar-refractivity contribution in [1.29, 1.82) is 0 Å². The molecular formula is C24H38N4O6. The van der Waals surface area contributed by atoms with Gasteiger partial charge in [-0.1, -0.05) is 58.0 Å². The third-order valence-corrected chi connectivity index (χ3v) is 5.11. The van der Waals surface area contributed by atoms with E-state index in [1.165, 1.54) is 0 Å². The Morgan fingerprint density at radius 2 is 1.26 bits per heavy atom. The Labute approximate surface area is 200 Å². The highest BCUT2D eigenvalue weighted by Crippen LogP contribution is 2.10. The van der Waals surface area contributed by atoms with Gasteiger partial charge >= 0.3 is 5.97 Å². The fourth-order valence-electron chi connectivity index (χ4n) is 3.36. The monoisotopic (exact) mass is 478 g/mol. The molecule has 0 aliphatic rings. The van der Waals surface area contributed by atoms with Crippen molar-refractivity contribution in [3.63, 3.8) is 0 Å². The summed E-state index contributed by atoms with van der Waals surface area (Å²) in [5.41, 5.74) is 6.35. The lowest BCUT2D eigenvalue weighted by Crippen LogP contribution is -2.58. The summed E-state index contributed by atoms with van der Waals surface area (Å²) in [5, 5.41) is 26.4. The molecule has 4 atom stereocenters. The molecule has 0 fully saturated rings. The summed E-state index contributed by atoms with van der Waals surface area (Å²) in [5.74, 6) is -3.00. The highest BCUT2D eigenvalue weighted by Gasteiger charge is 2.31. The van der Waals surface area contributed by atoms with Gasteiger partial charge in [-0.15, -0.1) is 0 Å². The highest BCUT2D eigenvalue weighted by molar-refractivity contribution is 5.94. The largest absolute Gasteiger partial charge is 0.480 e. The minimum atomic E-state index is -1.20. The molecule has 7 N–H and O–H groups in total. The van der Waals surface area contributed by atoms with Gasteiger partial charge < -0.3 is 31.9 Å². The van der Waals surface area contributed by atoms with Gasteiger partial charge in [0.1, 0.15) is 24.2 Å². The Balaban J connectivity index is 3.07. The van der Waals surface area contributed by atoms with Crippen LogP contribution >= 0.6 is 0 Å². The smallest absolute Gasteiger partial charge is 0.326 e. The Morgan fingerprint density at radius 3 is 1.76 bits per heavy atom. The normalized spacial score (nSPS) is 14.7. The van der Waals surface area contributed by atoms with Crippen molar-refractivity contribution >= 4 is 23.7 Å². The lowest BCUT2D eigenvalue weighted by molar-refractivity contribution is -0.143. The van der Waals surface area contributed by atoms with Gasteiger partial charge in [-0.05, 0) is 30.2 Å². The number of carbonyl (C=O) groups excluding carboxylic acids is 3. The zero-order chi connectivity index (χ0) is 25.8. The predicted molar refractivity (Wildman–Crippen MR) is 128 cm³/mol. The van der Waals surface area contributed by atoms with E-state index < -0.39 is 54.5 Å². The van der Waals surface area contributed by atoms with E-state index in [9.17, 15) is 24.3 Å². The fourth-order valence-corrected chi connectivity index (χ4v) is 3.36. The number of rotatable bonds is 14. The second-order valence-electron chi connectivity index (χ2n) is 9.26. The minimum absolute atomic E-state index is 0.0226. The zero-order valence-electron chi connectivity index (χ0n) is 20.3. The second-order valence-corrected chi connectivity index (χ2v) is 9.26. The van der Waals surface area contributed by atoms with Crippen LogP contribution < -0.4 is 21.7 Å². The Kier molecular flexibility index (Phi) is 12.2. The number of nitrogens with one attached hydrogen (secondary N) is 3. The summed E-state index contributed by atoms with van der Waals surface area (Å²) in [7, 11) is 0. The summed E-state index contributed by atoms with van der Waals surface area (Å²) in [6.45, 7) is 6.86. The number of carbonyl (C=O) groups is 4. The van der Waals surface area contributed by atoms with Crippen LogP contribution in [-0.4, -0.2) is 64.7 Å². The maximum absolute atomic E-state index is 13.2. The molecule has 0 heterocycles. The standard InChI is InChI=1S/C24H38N4O6/c1-14(2)10-18(22(31)28-20(24(33)34)11-15(3)4)27-23(32)19(26-21(30)17(25)13-29)12-16-8-6-5-7-9-16/h5-9,14-15,17-20,29H,10-13,25H2,1-4H3,(H,26,30)(H,27,32)(H,28,31)(H,33,34). The van der Waals surface area contributed by atoms with Gasteiger partial charge in [-0.25, -0.2) is 4.79 Å². The van der Waals surface area contributed by atoms with E-state index in [-0.39, 0.29) is 31.1 Å². The van der Waals surface area contributed by atoms with E-state index in [0.717, 1.165) is 5.56 Å². The van der Waals surface area contributed by atoms with Crippen molar-refractivity contribution in [1.82, 2.24) is 16.0 Å². The molecule has 3 amide bonds. The average molecular weight is 479 g/mol. The average Bonchev–Trinajstić information content (AvgIpc) is 2.76. The van der Waals surface area contributed by atoms with Crippen molar-refractivity contribution in [2.75, 3.05) is 6.61 Å². The van der Waals surface area contributed by atoms with E-state index in [4.69, 9.17) is 10.8 Å². The predicted octanol–water partition coefficient (Wildman–Crippen LogP) is 0.180. The van der Waals surface area contributed by atoms with E-state index in [0.29, 0.717) is 0 Å². The van der Waals surface area contributed by atoms with Crippen LogP contribution in [0.25, 0.3) is 0 Å². The fraction of sp³-hybridized carbons (Fsp3) is 0.583. The molecule has 34 heavy (non-hydrogen) atoms. The molecule has 0 bridgehead atoms. The molecule has 0 spiro atoms. The van der Waals surface area contributed by atoms with Crippen LogP contribution in [0, 0.1) is 11.8 Å². The zero-order valence-corrected chi connectivity index (χ0v) is 20.3. The molecule has 1 aromatic carbocycles. The summed E-state index contributed by atoms with van der Waals surface area (Å²) < 4.78 is 0. The SMILES string of the molecule is CC(C)CC(NC(=O)C(CC(C)C)NC(=O)C(Cc1ccccc1)NC(=O)C(N)CO)C(=O)O. The minimum Gasteiger partial charge on any atom is -0.480 e. The quantitative estimate of drug-likeness (QED) is 0.221. The number of carboxylic acid groups (broad SMARTS) is 1. The number of hydrogen-bond acceptors (Lipinski definition) is 6. The molecule has 0 saturated carbocycles. The van der Waals surface area contributed by atoms with Gasteiger partial charge in [0.15, 0.2) is 0 Å². The number of carboxylic acids is 1. The number of nitrogens with two attached hydrogens (primary N) is 1. The van der Waals surface area contributed by atoms with Gasteiger partial charge in [-0.2, -0.15) is 0 Å². The first-order chi connectivity index (χ1) is 15.9. The Morgan fingerprint density at radius 1 is 0.794 bits per heavy atom. The molecule has 10 heteroatoms. The molecule has 0 aliphatic carbocycles. The van der Waals surface area contributed by atoms with Gasteiger partial charge in [0.25, 0.3) is 0 Å².